The Kier molecular flexibility index (Phi) is 2.72. The second-order valence-electron chi connectivity index (χ2n) is 3.12. The monoisotopic (exact) mass is 221 g/mol. The van der Waals surface area contributed by atoms with Gasteiger partial charge >= 0.3 is 0 Å². The summed E-state index contributed by atoms with van der Waals surface area (Å²) in [5, 5.41) is 11.3. The molecule has 0 N–H and O–H groups in total. The van der Waals surface area contributed by atoms with Crippen molar-refractivity contribution in [2.75, 3.05) is 0 Å². The van der Waals surface area contributed by atoms with Crippen LogP contribution >= 0.6 is 0 Å². The molecule has 0 amide bonds. The molecule has 2 rings (SSSR count). The van der Waals surface area contributed by atoms with Gasteiger partial charge in [-0.2, -0.15) is 0 Å². The molecule has 0 aliphatic carbocycles. The van der Waals surface area contributed by atoms with Crippen molar-refractivity contribution in [3.05, 3.63) is 54.1 Å². The molecule has 0 aliphatic heterocycles. The maximum Gasteiger partial charge on any atom is 0.221 e. The van der Waals surface area contributed by atoms with Crippen molar-refractivity contribution in [1.29, 1.82) is 0 Å². The van der Waals surface area contributed by atoms with Crippen molar-refractivity contribution >= 4 is 0 Å². The second-order valence-corrected chi connectivity index (χ2v) is 3.12. The fourth-order valence-corrected chi connectivity index (χ4v) is 1.21. The van der Waals surface area contributed by atoms with Crippen molar-refractivity contribution in [3.8, 4) is 17.2 Å². The fourth-order valence-electron chi connectivity index (χ4n) is 1.21. The number of halogens is 2. The third kappa shape index (κ3) is 2.11. The van der Waals surface area contributed by atoms with E-state index in [1.54, 1.807) is 6.07 Å². The number of para-hydroxylation sites is 1. The van der Waals surface area contributed by atoms with Crippen LogP contribution in [0.5, 0.6) is 17.2 Å². The maximum absolute atomic E-state index is 13.2. The summed E-state index contributed by atoms with van der Waals surface area (Å²) in [6.45, 7) is 0. The Morgan fingerprint density at radius 1 is 0.938 bits per heavy atom. The third-order valence-corrected chi connectivity index (χ3v) is 1.96. The Morgan fingerprint density at radius 3 is 2.44 bits per heavy atom. The largest absolute Gasteiger partial charge is 0.450 e. The van der Waals surface area contributed by atoms with Crippen LogP contribution in [0.4, 0.5) is 8.78 Å². The molecule has 0 aliphatic rings. The Morgan fingerprint density at radius 2 is 1.69 bits per heavy atom. The van der Waals surface area contributed by atoms with E-state index in [1.807, 2.05) is 0 Å². The van der Waals surface area contributed by atoms with Crippen LogP contribution in [0.2, 0.25) is 0 Å². The van der Waals surface area contributed by atoms with E-state index in [0.717, 1.165) is 18.2 Å². The lowest BCUT2D eigenvalue weighted by atomic mass is 10.3. The summed E-state index contributed by atoms with van der Waals surface area (Å²) < 4.78 is 31.0. The Balaban J connectivity index is 2.34. The molecule has 0 bridgehead atoms. The van der Waals surface area contributed by atoms with Crippen LogP contribution in [0, 0.1) is 11.6 Å². The standard InChI is InChI=1S/C12H7F2O2/c13-8-5-6-10(15)12(7-8)16-11-4-2-1-3-9(11)14/h1-7H. The van der Waals surface area contributed by atoms with E-state index < -0.39 is 17.4 Å². The quantitative estimate of drug-likeness (QED) is 0.756. The normalized spacial score (nSPS) is 10.1. The zero-order valence-electron chi connectivity index (χ0n) is 8.11. The summed E-state index contributed by atoms with van der Waals surface area (Å²) >= 11 is 0. The van der Waals surface area contributed by atoms with Gasteiger partial charge in [-0.25, -0.2) is 8.78 Å². The summed E-state index contributed by atoms with van der Waals surface area (Å²) in [6, 6.07) is 8.59. The third-order valence-electron chi connectivity index (χ3n) is 1.96. The molecule has 81 valence electrons. The van der Waals surface area contributed by atoms with E-state index in [1.165, 1.54) is 18.2 Å². The van der Waals surface area contributed by atoms with Crippen LogP contribution in [0.25, 0.3) is 0 Å². The first-order valence-electron chi connectivity index (χ1n) is 4.56. The van der Waals surface area contributed by atoms with Gasteiger partial charge in [0.2, 0.25) is 5.75 Å². The molecule has 1 radical (unpaired) electrons. The van der Waals surface area contributed by atoms with Gasteiger partial charge in [-0.05, 0) is 24.3 Å². The van der Waals surface area contributed by atoms with Crippen LogP contribution in [0.15, 0.2) is 42.5 Å². The Bertz CT molecular complexity index is 512. The van der Waals surface area contributed by atoms with Gasteiger partial charge in [0.15, 0.2) is 17.3 Å². The summed E-state index contributed by atoms with van der Waals surface area (Å²) in [4.78, 5) is 0. The number of hydrogen-bond acceptors (Lipinski definition) is 1. The van der Waals surface area contributed by atoms with Gasteiger partial charge in [0.1, 0.15) is 5.82 Å². The molecule has 0 atom stereocenters. The molecule has 16 heavy (non-hydrogen) atoms. The molecule has 2 aromatic rings. The molecule has 2 aromatic carbocycles. The molecule has 0 fully saturated rings. The minimum atomic E-state index is -0.606. The average molecular weight is 221 g/mol. The van der Waals surface area contributed by atoms with Crippen LogP contribution in [-0.4, -0.2) is 0 Å². The summed E-state index contributed by atoms with van der Waals surface area (Å²) in [6.07, 6.45) is 0. The number of benzene rings is 2. The minimum absolute atomic E-state index is 0.106. The molecule has 4 heteroatoms. The SMILES string of the molecule is [O]c1ccc(F)cc1Oc1ccccc1F. The maximum atomic E-state index is 13.2. The number of rotatable bonds is 2. The van der Waals surface area contributed by atoms with Gasteiger partial charge in [-0.3, -0.25) is 5.11 Å². The van der Waals surface area contributed by atoms with E-state index in [-0.39, 0.29) is 11.5 Å². The predicted octanol–water partition coefficient (Wildman–Crippen LogP) is 3.90. The number of hydrogen-bond donors (Lipinski definition) is 0. The lowest BCUT2D eigenvalue weighted by Gasteiger charge is -2.06. The van der Waals surface area contributed by atoms with Crippen molar-refractivity contribution in [1.82, 2.24) is 0 Å². The van der Waals surface area contributed by atoms with Crippen molar-refractivity contribution in [2.45, 2.75) is 0 Å². The summed E-state index contributed by atoms with van der Waals surface area (Å²) in [5.41, 5.74) is 0. The molecule has 2 nitrogen and oxygen atoms in total. The van der Waals surface area contributed by atoms with Gasteiger partial charge in [-0.15, -0.1) is 0 Å². The van der Waals surface area contributed by atoms with Gasteiger partial charge in [0.05, 0.1) is 0 Å². The molecule has 0 saturated carbocycles. The molecule has 0 unspecified atom stereocenters. The van der Waals surface area contributed by atoms with Gasteiger partial charge < -0.3 is 4.74 Å². The minimum Gasteiger partial charge on any atom is -0.450 e. The molecular formula is C12H7F2O2. The predicted molar refractivity (Wildman–Crippen MR) is 53.0 cm³/mol. The Hall–Kier alpha value is -2.10. The van der Waals surface area contributed by atoms with E-state index >= 15 is 0 Å². The highest BCUT2D eigenvalue weighted by Crippen LogP contribution is 2.32. The lowest BCUT2D eigenvalue weighted by Crippen LogP contribution is -1.88. The first-order chi connectivity index (χ1) is 7.66. The highest BCUT2D eigenvalue weighted by atomic mass is 19.1. The van der Waals surface area contributed by atoms with Crippen LogP contribution in [0.1, 0.15) is 0 Å². The van der Waals surface area contributed by atoms with E-state index in [0.29, 0.717) is 0 Å². The lowest BCUT2D eigenvalue weighted by molar-refractivity contribution is 0.324. The van der Waals surface area contributed by atoms with Crippen LogP contribution in [-0.2, 0) is 5.11 Å². The highest BCUT2D eigenvalue weighted by molar-refractivity contribution is 5.42. The molecule has 0 spiro atoms. The van der Waals surface area contributed by atoms with E-state index in [4.69, 9.17) is 4.74 Å². The van der Waals surface area contributed by atoms with Crippen molar-refractivity contribution < 1.29 is 18.6 Å². The van der Waals surface area contributed by atoms with Gasteiger partial charge in [-0.1, -0.05) is 12.1 Å². The summed E-state index contributed by atoms with van der Waals surface area (Å²) in [7, 11) is 0. The zero-order valence-corrected chi connectivity index (χ0v) is 8.11. The second kappa shape index (κ2) is 4.18. The van der Waals surface area contributed by atoms with E-state index in [2.05, 4.69) is 0 Å². The van der Waals surface area contributed by atoms with Gasteiger partial charge in [0.25, 0.3) is 0 Å². The smallest absolute Gasteiger partial charge is 0.221 e. The first-order valence-corrected chi connectivity index (χ1v) is 4.56. The van der Waals surface area contributed by atoms with Crippen molar-refractivity contribution in [3.63, 3.8) is 0 Å². The molecule has 0 aromatic heterocycles. The highest BCUT2D eigenvalue weighted by Gasteiger charge is 2.09. The topological polar surface area (TPSA) is 29.1 Å². The average Bonchev–Trinajstić information content (AvgIpc) is 2.27. The first kappa shape index (κ1) is 10.4. The molecule has 0 saturated heterocycles. The van der Waals surface area contributed by atoms with Crippen LogP contribution < -0.4 is 4.74 Å². The van der Waals surface area contributed by atoms with Crippen molar-refractivity contribution in [2.24, 2.45) is 0 Å². The zero-order chi connectivity index (χ0) is 11.5. The fraction of sp³-hybridized carbons (Fsp3) is 0. The molecule has 0 heterocycles. The summed E-state index contributed by atoms with van der Waals surface area (Å²) in [5.74, 6) is -2.04. The molecular weight excluding hydrogens is 214 g/mol. The van der Waals surface area contributed by atoms with E-state index in [9.17, 15) is 13.9 Å². The van der Waals surface area contributed by atoms with Crippen LogP contribution in [0.3, 0.4) is 0 Å². The Labute approximate surface area is 90.7 Å². The van der Waals surface area contributed by atoms with Gasteiger partial charge in [0, 0.05) is 6.07 Å². The number of ether oxygens (including phenoxy) is 1.